The molecule has 5 heteroatoms. The van der Waals surface area contributed by atoms with Crippen LogP contribution >= 0.6 is 12.2 Å². The van der Waals surface area contributed by atoms with Gasteiger partial charge in [-0.25, -0.2) is 4.79 Å². The van der Waals surface area contributed by atoms with E-state index in [4.69, 9.17) is 22.7 Å². The lowest BCUT2D eigenvalue weighted by molar-refractivity contribution is 0.0397. The van der Waals surface area contributed by atoms with Crippen LogP contribution in [0.5, 0.6) is 0 Å². The Morgan fingerprint density at radius 2 is 2.00 bits per heavy atom. The number of hydrogen-bond donors (Lipinski definition) is 2. The number of nitrogens with two attached hydrogens (primary N) is 1. The van der Waals surface area contributed by atoms with Gasteiger partial charge in [0.2, 0.25) is 0 Å². The number of carbonyl (C=O) groups is 1. The first-order valence-corrected chi connectivity index (χ1v) is 6.42. The second-order valence-electron chi connectivity index (χ2n) is 6.29. The number of carbonyl (C=O) groups excluding carboxylic acids is 1. The monoisotopic (exact) mass is 256 g/mol. The lowest BCUT2D eigenvalue weighted by Crippen LogP contribution is -2.53. The lowest BCUT2D eigenvalue weighted by Gasteiger charge is -2.39. The van der Waals surface area contributed by atoms with E-state index >= 15 is 0 Å². The summed E-state index contributed by atoms with van der Waals surface area (Å²) in [6.45, 7) is 5.58. The lowest BCUT2D eigenvalue weighted by atomic mass is 9.76. The van der Waals surface area contributed by atoms with Gasteiger partial charge >= 0.3 is 6.09 Å². The van der Waals surface area contributed by atoms with Gasteiger partial charge in [-0.2, -0.15) is 0 Å². The molecule has 96 valence electrons. The van der Waals surface area contributed by atoms with E-state index in [2.05, 4.69) is 5.32 Å². The predicted octanol–water partition coefficient (Wildman–Crippen LogP) is 1.97. The molecule has 4 nitrogen and oxygen atoms in total. The molecule has 0 radical (unpaired) electrons. The van der Waals surface area contributed by atoms with Gasteiger partial charge in [-0.15, -0.1) is 0 Å². The normalized spacial score (nSPS) is 35.0. The third-order valence-electron chi connectivity index (χ3n) is 3.62. The minimum absolute atomic E-state index is 0.110. The molecule has 0 aromatic rings. The van der Waals surface area contributed by atoms with E-state index in [1.807, 2.05) is 20.8 Å². The summed E-state index contributed by atoms with van der Waals surface area (Å²) in [4.78, 5) is 12.3. The van der Waals surface area contributed by atoms with Gasteiger partial charge in [-0.1, -0.05) is 12.2 Å². The summed E-state index contributed by atoms with van der Waals surface area (Å²) in [7, 11) is 0. The Morgan fingerprint density at radius 3 is 2.41 bits per heavy atom. The summed E-state index contributed by atoms with van der Waals surface area (Å²) in [6.07, 6.45) is 2.49. The number of nitrogens with one attached hydrogen (secondary N) is 1. The SMILES string of the molecule is CC(C)(C)OC(=O)NC12CC(C1)C(C(N)=S)C2. The van der Waals surface area contributed by atoms with E-state index in [-0.39, 0.29) is 11.6 Å². The summed E-state index contributed by atoms with van der Waals surface area (Å²) in [6, 6.07) is 0. The molecule has 0 saturated heterocycles. The molecule has 0 aromatic heterocycles. The fraction of sp³-hybridized carbons (Fsp3) is 0.833. The fourth-order valence-corrected chi connectivity index (χ4v) is 3.26. The number of ether oxygens (including phenoxy) is 1. The molecule has 0 aliphatic heterocycles. The van der Waals surface area contributed by atoms with Crippen LogP contribution in [-0.4, -0.2) is 22.2 Å². The van der Waals surface area contributed by atoms with Crippen molar-refractivity contribution in [3.05, 3.63) is 0 Å². The summed E-state index contributed by atoms with van der Waals surface area (Å²) in [5.41, 5.74) is 5.13. The highest BCUT2D eigenvalue weighted by Crippen LogP contribution is 2.55. The average Bonchev–Trinajstić information content (AvgIpc) is 2.53. The first-order valence-electron chi connectivity index (χ1n) is 6.01. The second kappa shape index (κ2) is 3.83. The molecule has 1 amide bonds. The van der Waals surface area contributed by atoms with Gasteiger partial charge in [0.1, 0.15) is 5.60 Å². The van der Waals surface area contributed by atoms with Crippen LogP contribution in [0.2, 0.25) is 0 Å². The minimum Gasteiger partial charge on any atom is -0.444 e. The van der Waals surface area contributed by atoms with Crippen molar-refractivity contribution in [2.24, 2.45) is 17.6 Å². The van der Waals surface area contributed by atoms with Crippen molar-refractivity contribution in [1.82, 2.24) is 5.32 Å². The molecule has 1 atom stereocenters. The molecule has 3 saturated carbocycles. The fourth-order valence-electron chi connectivity index (χ4n) is 2.99. The summed E-state index contributed by atoms with van der Waals surface area (Å²) >= 11 is 5.04. The molecular weight excluding hydrogens is 236 g/mol. The van der Waals surface area contributed by atoms with Gasteiger partial charge in [-0.05, 0) is 46.0 Å². The Labute approximate surface area is 107 Å². The van der Waals surface area contributed by atoms with Crippen LogP contribution in [-0.2, 0) is 4.74 Å². The maximum Gasteiger partial charge on any atom is 0.408 e. The minimum atomic E-state index is -0.453. The predicted molar refractivity (Wildman–Crippen MR) is 69.7 cm³/mol. The van der Waals surface area contributed by atoms with Crippen molar-refractivity contribution in [2.45, 2.75) is 51.2 Å². The first kappa shape index (κ1) is 12.6. The van der Waals surface area contributed by atoms with Crippen molar-refractivity contribution < 1.29 is 9.53 Å². The Kier molecular flexibility index (Phi) is 2.84. The average molecular weight is 256 g/mol. The Morgan fingerprint density at radius 1 is 1.41 bits per heavy atom. The third kappa shape index (κ3) is 2.54. The highest BCUT2D eigenvalue weighted by atomic mass is 32.1. The summed E-state index contributed by atoms with van der Waals surface area (Å²) in [5.74, 6) is 0.849. The molecule has 17 heavy (non-hydrogen) atoms. The van der Waals surface area contributed by atoms with E-state index in [1.165, 1.54) is 0 Å². The van der Waals surface area contributed by atoms with Crippen molar-refractivity contribution >= 4 is 23.3 Å². The largest absolute Gasteiger partial charge is 0.444 e. The third-order valence-corrected chi connectivity index (χ3v) is 3.92. The molecule has 0 spiro atoms. The van der Waals surface area contributed by atoms with E-state index in [1.54, 1.807) is 0 Å². The molecule has 0 heterocycles. The number of alkyl carbamates (subject to hydrolysis) is 1. The second-order valence-corrected chi connectivity index (χ2v) is 6.76. The smallest absolute Gasteiger partial charge is 0.408 e. The Hall–Kier alpha value is -0.840. The van der Waals surface area contributed by atoms with Gasteiger partial charge < -0.3 is 15.8 Å². The Bertz CT molecular complexity index is 356. The van der Waals surface area contributed by atoms with E-state index in [0.29, 0.717) is 16.8 Å². The number of amides is 1. The highest BCUT2D eigenvalue weighted by molar-refractivity contribution is 7.80. The van der Waals surface area contributed by atoms with Crippen molar-refractivity contribution in [3.8, 4) is 0 Å². The van der Waals surface area contributed by atoms with Crippen LogP contribution in [0.1, 0.15) is 40.0 Å². The number of hydrogen-bond acceptors (Lipinski definition) is 3. The van der Waals surface area contributed by atoms with Gasteiger partial charge in [0.15, 0.2) is 0 Å². The quantitative estimate of drug-likeness (QED) is 0.741. The van der Waals surface area contributed by atoms with Gasteiger partial charge in [0.25, 0.3) is 0 Å². The topological polar surface area (TPSA) is 64.3 Å². The molecule has 3 aliphatic carbocycles. The van der Waals surface area contributed by atoms with Crippen LogP contribution in [0.15, 0.2) is 0 Å². The van der Waals surface area contributed by atoms with E-state index in [9.17, 15) is 4.79 Å². The van der Waals surface area contributed by atoms with Gasteiger partial charge in [0, 0.05) is 11.5 Å². The molecule has 3 rings (SSSR count). The number of thiocarbonyl (C=S) groups is 1. The molecule has 2 bridgehead atoms. The molecule has 0 aromatic carbocycles. The zero-order chi connectivity index (χ0) is 12.8. The Balaban J connectivity index is 1.90. The van der Waals surface area contributed by atoms with Crippen LogP contribution in [0.25, 0.3) is 0 Å². The van der Waals surface area contributed by atoms with Crippen molar-refractivity contribution in [1.29, 1.82) is 0 Å². The van der Waals surface area contributed by atoms with Crippen LogP contribution in [0, 0.1) is 11.8 Å². The highest BCUT2D eigenvalue weighted by Gasteiger charge is 2.57. The number of rotatable bonds is 2. The van der Waals surface area contributed by atoms with E-state index < -0.39 is 5.60 Å². The number of fused-ring (bicyclic) bond motifs is 1. The van der Waals surface area contributed by atoms with Crippen LogP contribution < -0.4 is 11.1 Å². The molecular formula is C12H20N2O2S. The maximum atomic E-state index is 11.7. The summed E-state index contributed by atoms with van der Waals surface area (Å²) < 4.78 is 5.27. The van der Waals surface area contributed by atoms with Gasteiger partial charge in [-0.3, -0.25) is 0 Å². The molecule has 3 N–H and O–H groups in total. The van der Waals surface area contributed by atoms with Crippen molar-refractivity contribution in [3.63, 3.8) is 0 Å². The first-order chi connectivity index (χ1) is 7.71. The van der Waals surface area contributed by atoms with Gasteiger partial charge in [0.05, 0.1) is 4.99 Å². The standard InChI is InChI=1S/C12H20N2O2S/c1-11(2,3)16-10(15)14-12-4-7(5-12)8(6-12)9(13)17/h7-8H,4-6H2,1-3H3,(H2,13,17)(H,14,15). The zero-order valence-corrected chi connectivity index (χ0v) is 11.4. The van der Waals surface area contributed by atoms with Crippen molar-refractivity contribution in [2.75, 3.05) is 0 Å². The molecule has 3 aliphatic rings. The van der Waals surface area contributed by atoms with E-state index in [0.717, 1.165) is 19.3 Å². The molecule has 1 unspecified atom stereocenters. The van der Waals surface area contributed by atoms with Crippen LogP contribution in [0.3, 0.4) is 0 Å². The summed E-state index contributed by atoms with van der Waals surface area (Å²) in [5, 5.41) is 2.99. The molecule has 3 fully saturated rings. The zero-order valence-electron chi connectivity index (χ0n) is 10.6. The maximum absolute atomic E-state index is 11.7. The van der Waals surface area contributed by atoms with Crippen LogP contribution in [0.4, 0.5) is 4.79 Å².